The van der Waals surface area contributed by atoms with Crippen molar-refractivity contribution in [1.29, 1.82) is 0 Å². The lowest BCUT2D eigenvalue weighted by Gasteiger charge is -2.20. The molecule has 6 nitrogen and oxygen atoms in total. The number of anilines is 1. The van der Waals surface area contributed by atoms with E-state index in [1.807, 2.05) is 37.3 Å². The Morgan fingerprint density at radius 3 is 2.57 bits per heavy atom. The highest BCUT2D eigenvalue weighted by Crippen LogP contribution is 2.31. The Labute approximate surface area is 165 Å². The van der Waals surface area contributed by atoms with Gasteiger partial charge in [0.1, 0.15) is 0 Å². The molecular formula is C22H26N2O4. The van der Waals surface area contributed by atoms with E-state index in [4.69, 9.17) is 9.47 Å². The van der Waals surface area contributed by atoms with Gasteiger partial charge in [-0.3, -0.25) is 9.59 Å². The normalized spacial score (nSPS) is 14.7. The van der Waals surface area contributed by atoms with E-state index < -0.39 is 0 Å². The predicted molar refractivity (Wildman–Crippen MR) is 108 cm³/mol. The summed E-state index contributed by atoms with van der Waals surface area (Å²) in [7, 11) is 3.18. The second-order valence-corrected chi connectivity index (χ2v) is 6.75. The molecule has 28 heavy (non-hydrogen) atoms. The highest BCUT2D eigenvalue weighted by Gasteiger charge is 2.23. The lowest BCUT2D eigenvalue weighted by Crippen LogP contribution is -2.29. The molecule has 0 saturated carbocycles. The minimum atomic E-state index is -0.171. The summed E-state index contributed by atoms with van der Waals surface area (Å²) in [5.74, 6) is 1.21. The quantitative estimate of drug-likeness (QED) is 0.793. The molecule has 0 aromatic heterocycles. The second kappa shape index (κ2) is 8.78. The highest BCUT2D eigenvalue weighted by molar-refractivity contribution is 5.99. The largest absolute Gasteiger partial charge is 0.493 e. The van der Waals surface area contributed by atoms with Crippen molar-refractivity contribution >= 4 is 17.5 Å². The van der Waals surface area contributed by atoms with Crippen molar-refractivity contribution in [1.82, 2.24) is 5.32 Å². The first-order valence-corrected chi connectivity index (χ1v) is 9.50. The monoisotopic (exact) mass is 382 g/mol. The Balaban J connectivity index is 1.78. The zero-order valence-electron chi connectivity index (χ0n) is 16.5. The Hall–Kier alpha value is -3.02. The number of ether oxygens (including phenoxy) is 2. The van der Waals surface area contributed by atoms with Crippen LogP contribution < -0.4 is 19.7 Å². The van der Waals surface area contributed by atoms with Crippen LogP contribution in [0, 0.1) is 0 Å². The lowest BCUT2D eigenvalue weighted by molar-refractivity contribution is -0.117. The number of rotatable bonds is 7. The van der Waals surface area contributed by atoms with Gasteiger partial charge in [0, 0.05) is 24.2 Å². The fourth-order valence-electron chi connectivity index (χ4n) is 3.47. The van der Waals surface area contributed by atoms with E-state index in [0.29, 0.717) is 30.0 Å². The van der Waals surface area contributed by atoms with Gasteiger partial charge in [0.25, 0.3) is 5.91 Å². The molecule has 2 aromatic rings. The van der Waals surface area contributed by atoms with E-state index in [9.17, 15) is 9.59 Å². The molecule has 3 rings (SSSR count). The van der Waals surface area contributed by atoms with Crippen LogP contribution in [0.4, 0.5) is 5.69 Å². The summed E-state index contributed by atoms with van der Waals surface area (Å²) >= 11 is 0. The smallest absolute Gasteiger partial charge is 0.251 e. The average Bonchev–Trinajstić information content (AvgIpc) is 3.17. The van der Waals surface area contributed by atoms with Gasteiger partial charge in [-0.15, -0.1) is 0 Å². The van der Waals surface area contributed by atoms with Crippen LogP contribution in [0.2, 0.25) is 0 Å². The molecular weight excluding hydrogens is 356 g/mol. The molecule has 0 unspecified atom stereocenters. The molecule has 1 aliphatic rings. The molecule has 1 atom stereocenters. The summed E-state index contributed by atoms with van der Waals surface area (Å²) in [4.78, 5) is 26.6. The SMILES string of the molecule is CC[C@H](NC(=O)c1cccc(N2CCCC2=O)c1)c1ccc(OC)c(OC)c1. The van der Waals surface area contributed by atoms with Crippen molar-refractivity contribution in [2.75, 3.05) is 25.7 Å². The van der Waals surface area contributed by atoms with E-state index in [-0.39, 0.29) is 17.9 Å². The third kappa shape index (κ3) is 4.11. The maximum atomic E-state index is 12.8. The van der Waals surface area contributed by atoms with Crippen molar-refractivity contribution in [3.8, 4) is 11.5 Å². The fourth-order valence-corrected chi connectivity index (χ4v) is 3.47. The fraction of sp³-hybridized carbons (Fsp3) is 0.364. The van der Waals surface area contributed by atoms with Crippen LogP contribution in [0.5, 0.6) is 11.5 Å². The zero-order chi connectivity index (χ0) is 20.1. The first kappa shape index (κ1) is 19.7. The van der Waals surface area contributed by atoms with Crippen molar-refractivity contribution in [3.05, 3.63) is 53.6 Å². The number of benzene rings is 2. The molecule has 1 heterocycles. The number of amides is 2. The molecule has 1 aliphatic heterocycles. The third-order valence-corrected chi connectivity index (χ3v) is 5.02. The molecule has 2 amide bonds. The summed E-state index contributed by atoms with van der Waals surface area (Å²) in [6.45, 7) is 2.72. The Kier molecular flexibility index (Phi) is 6.19. The van der Waals surface area contributed by atoms with Gasteiger partial charge in [0.05, 0.1) is 20.3 Å². The Morgan fingerprint density at radius 1 is 1.14 bits per heavy atom. The van der Waals surface area contributed by atoms with Gasteiger partial charge in [-0.05, 0) is 48.7 Å². The van der Waals surface area contributed by atoms with Crippen LogP contribution in [0.25, 0.3) is 0 Å². The maximum absolute atomic E-state index is 12.8. The molecule has 0 aliphatic carbocycles. The molecule has 148 valence electrons. The summed E-state index contributed by atoms with van der Waals surface area (Å²) in [6, 6.07) is 12.7. The van der Waals surface area contributed by atoms with Crippen molar-refractivity contribution in [2.45, 2.75) is 32.2 Å². The van der Waals surface area contributed by atoms with Gasteiger partial charge in [-0.2, -0.15) is 0 Å². The Morgan fingerprint density at radius 2 is 1.93 bits per heavy atom. The highest BCUT2D eigenvalue weighted by atomic mass is 16.5. The first-order valence-electron chi connectivity index (χ1n) is 9.50. The van der Waals surface area contributed by atoms with E-state index in [2.05, 4.69) is 5.32 Å². The zero-order valence-corrected chi connectivity index (χ0v) is 16.5. The Bertz CT molecular complexity index is 865. The average molecular weight is 382 g/mol. The summed E-state index contributed by atoms with van der Waals surface area (Å²) in [6.07, 6.45) is 2.14. The number of hydrogen-bond acceptors (Lipinski definition) is 4. The molecule has 1 fully saturated rings. The van der Waals surface area contributed by atoms with Gasteiger partial charge < -0.3 is 19.7 Å². The maximum Gasteiger partial charge on any atom is 0.251 e. The van der Waals surface area contributed by atoms with E-state index >= 15 is 0 Å². The number of methoxy groups -OCH3 is 2. The standard InChI is InChI=1S/C22H26N2O4/c1-4-18(15-10-11-19(27-2)20(14-15)28-3)23-22(26)16-7-5-8-17(13-16)24-12-6-9-21(24)25/h5,7-8,10-11,13-14,18H,4,6,9,12H2,1-3H3,(H,23,26)/t18-/m0/s1. The van der Waals surface area contributed by atoms with Crippen molar-refractivity contribution in [3.63, 3.8) is 0 Å². The number of nitrogens with zero attached hydrogens (tertiary/aromatic N) is 1. The predicted octanol–water partition coefficient (Wildman–Crippen LogP) is 3.71. The molecule has 0 bridgehead atoms. The summed E-state index contributed by atoms with van der Waals surface area (Å²) in [5, 5.41) is 3.08. The van der Waals surface area contributed by atoms with E-state index in [0.717, 1.165) is 24.1 Å². The summed E-state index contributed by atoms with van der Waals surface area (Å²) in [5.41, 5.74) is 2.25. The van der Waals surface area contributed by atoms with E-state index in [1.165, 1.54) is 0 Å². The van der Waals surface area contributed by atoms with Gasteiger partial charge in [-0.25, -0.2) is 0 Å². The van der Waals surface area contributed by atoms with Crippen molar-refractivity contribution < 1.29 is 19.1 Å². The lowest BCUT2D eigenvalue weighted by atomic mass is 10.0. The molecule has 6 heteroatoms. The first-order chi connectivity index (χ1) is 13.6. The minimum Gasteiger partial charge on any atom is -0.493 e. The minimum absolute atomic E-state index is 0.106. The van der Waals surface area contributed by atoms with Crippen LogP contribution in [0.3, 0.4) is 0 Å². The number of nitrogens with one attached hydrogen (secondary N) is 1. The molecule has 1 N–H and O–H groups in total. The third-order valence-electron chi connectivity index (χ3n) is 5.02. The molecule has 0 spiro atoms. The second-order valence-electron chi connectivity index (χ2n) is 6.75. The van der Waals surface area contributed by atoms with E-state index in [1.54, 1.807) is 31.3 Å². The van der Waals surface area contributed by atoms with Crippen LogP contribution in [0.15, 0.2) is 42.5 Å². The van der Waals surface area contributed by atoms with Gasteiger partial charge >= 0.3 is 0 Å². The molecule has 1 saturated heterocycles. The summed E-state index contributed by atoms with van der Waals surface area (Å²) < 4.78 is 10.6. The number of carbonyl (C=O) groups excluding carboxylic acids is 2. The van der Waals surface area contributed by atoms with Crippen molar-refractivity contribution in [2.24, 2.45) is 0 Å². The topological polar surface area (TPSA) is 67.9 Å². The van der Waals surface area contributed by atoms with Gasteiger partial charge in [0.15, 0.2) is 11.5 Å². The number of carbonyl (C=O) groups is 2. The van der Waals surface area contributed by atoms with Gasteiger partial charge in [0.2, 0.25) is 5.91 Å². The van der Waals surface area contributed by atoms with Crippen LogP contribution >= 0.6 is 0 Å². The van der Waals surface area contributed by atoms with Gasteiger partial charge in [-0.1, -0.05) is 19.1 Å². The molecule has 2 aromatic carbocycles. The molecule has 0 radical (unpaired) electrons. The number of hydrogen-bond donors (Lipinski definition) is 1. The van der Waals surface area contributed by atoms with Crippen LogP contribution in [0.1, 0.15) is 48.1 Å². The van der Waals surface area contributed by atoms with Crippen LogP contribution in [-0.2, 0) is 4.79 Å². The van der Waals surface area contributed by atoms with Crippen LogP contribution in [-0.4, -0.2) is 32.6 Å².